The van der Waals surface area contributed by atoms with Crippen molar-refractivity contribution >= 4 is 44.6 Å². The van der Waals surface area contributed by atoms with E-state index >= 15 is 0 Å². The van der Waals surface area contributed by atoms with Crippen LogP contribution in [0, 0.1) is 0 Å². The summed E-state index contributed by atoms with van der Waals surface area (Å²) in [6.07, 6.45) is 1.12. The lowest BCUT2D eigenvalue weighted by Crippen LogP contribution is -2.12. The molecule has 0 atom stereocenters. The molecule has 0 aliphatic carbocycles. The predicted octanol–water partition coefficient (Wildman–Crippen LogP) is 3.65. The summed E-state index contributed by atoms with van der Waals surface area (Å²) in [5.74, 6) is -0.422. The third kappa shape index (κ3) is 3.97. The van der Waals surface area contributed by atoms with E-state index in [2.05, 4.69) is 5.32 Å². The van der Waals surface area contributed by atoms with Crippen molar-refractivity contribution in [3.8, 4) is 0 Å². The van der Waals surface area contributed by atoms with Gasteiger partial charge < -0.3 is 5.32 Å². The zero-order chi connectivity index (χ0) is 15.6. The van der Waals surface area contributed by atoms with Crippen LogP contribution in [0.5, 0.6) is 0 Å². The number of amides is 1. The zero-order valence-electron chi connectivity index (χ0n) is 10.9. The molecule has 0 bridgehead atoms. The van der Waals surface area contributed by atoms with E-state index in [-0.39, 0.29) is 15.5 Å². The molecule has 21 heavy (non-hydrogen) atoms. The Hall–Kier alpha value is -1.56. The summed E-state index contributed by atoms with van der Waals surface area (Å²) >= 11 is 11.8. The Morgan fingerprint density at radius 1 is 1.05 bits per heavy atom. The van der Waals surface area contributed by atoms with Crippen molar-refractivity contribution in [1.29, 1.82) is 0 Å². The van der Waals surface area contributed by atoms with Gasteiger partial charge in [-0.3, -0.25) is 4.79 Å². The monoisotopic (exact) mass is 343 g/mol. The molecule has 1 amide bonds. The van der Waals surface area contributed by atoms with Gasteiger partial charge in [-0.05, 0) is 42.5 Å². The Kier molecular flexibility index (Phi) is 4.56. The van der Waals surface area contributed by atoms with E-state index in [1.54, 1.807) is 6.07 Å². The fraction of sp³-hybridized carbons (Fsp3) is 0.0714. The Morgan fingerprint density at radius 2 is 1.67 bits per heavy atom. The first-order valence-electron chi connectivity index (χ1n) is 5.84. The second-order valence-electron chi connectivity index (χ2n) is 4.37. The average molecular weight is 344 g/mol. The average Bonchev–Trinajstić information content (AvgIpc) is 2.41. The van der Waals surface area contributed by atoms with Gasteiger partial charge in [0, 0.05) is 17.0 Å². The van der Waals surface area contributed by atoms with Crippen molar-refractivity contribution in [1.82, 2.24) is 0 Å². The van der Waals surface area contributed by atoms with Crippen LogP contribution >= 0.6 is 23.2 Å². The molecule has 0 unspecified atom stereocenters. The highest BCUT2D eigenvalue weighted by molar-refractivity contribution is 7.90. The van der Waals surface area contributed by atoms with Crippen molar-refractivity contribution in [2.45, 2.75) is 4.90 Å². The van der Waals surface area contributed by atoms with Crippen molar-refractivity contribution < 1.29 is 13.2 Å². The molecule has 4 nitrogen and oxygen atoms in total. The number of halogens is 2. The van der Waals surface area contributed by atoms with Crippen LogP contribution in [0.1, 0.15) is 10.4 Å². The van der Waals surface area contributed by atoms with Gasteiger partial charge >= 0.3 is 0 Å². The topological polar surface area (TPSA) is 63.2 Å². The summed E-state index contributed by atoms with van der Waals surface area (Å²) in [4.78, 5) is 12.3. The summed E-state index contributed by atoms with van der Waals surface area (Å²) in [7, 11) is -3.26. The number of rotatable bonds is 3. The molecule has 0 spiro atoms. The third-order valence-electron chi connectivity index (χ3n) is 2.71. The van der Waals surface area contributed by atoms with E-state index in [1.807, 2.05) is 0 Å². The third-order valence-corrected chi connectivity index (χ3v) is 4.41. The van der Waals surface area contributed by atoms with E-state index in [1.165, 1.54) is 36.4 Å². The van der Waals surface area contributed by atoms with Gasteiger partial charge in [0.25, 0.3) is 5.91 Å². The van der Waals surface area contributed by atoms with Gasteiger partial charge in [-0.15, -0.1) is 0 Å². The molecule has 7 heteroatoms. The minimum atomic E-state index is -3.26. The largest absolute Gasteiger partial charge is 0.322 e. The van der Waals surface area contributed by atoms with Crippen LogP contribution in [0.2, 0.25) is 10.0 Å². The van der Waals surface area contributed by atoms with E-state index in [0.717, 1.165) is 6.26 Å². The molecule has 1 N–H and O–H groups in total. The van der Waals surface area contributed by atoms with E-state index in [4.69, 9.17) is 23.2 Å². The van der Waals surface area contributed by atoms with Gasteiger partial charge in [-0.2, -0.15) is 0 Å². The van der Waals surface area contributed by atoms with Crippen LogP contribution in [0.15, 0.2) is 47.4 Å². The smallest absolute Gasteiger partial charge is 0.257 e. The lowest BCUT2D eigenvalue weighted by Gasteiger charge is -2.08. The Labute approximate surface area is 132 Å². The Morgan fingerprint density at radius 3 is 2.24 bits per heavy atom. The minimum absolute atomic E-state index is 0.182. The molecule has 110 valence electrons. The summed E-state index contributed by atoms with van der Waals surface area (Å²) in [6, 6.07) is 10.4. The SMILES string of the molecule is CS(=O)(=O)c1ccc(NC(=O)c2cc(Cl)ccc2Cl)cc1. The Balaban J connectivity index is 2.22. The molecule has 2 aromatic rings. The quantitative estimate of drug-likeness (QED) is 0.924. The fourth-order valence-electron chi connectivity index (χ4n) is 1.66. The molecule has 0 saturated carbocycles. The molecule has 0 fully saturated rings. The van der Waals surface area contributed by atoms with Gasteiger partial charge in [0.2, 0.25) is 0 Å². The van der Waals surface area contributed by atoms with Crippen LogP contribution in [0.4, 0.5) is 5.69 Å². The minimum Gasteiger partial charge on any atom is -0.322 e. The van der Waals surface area contributed by atoms with E-state index in [9.17, 15) is 13.2 Å². The van der Waals surface area contributed by atoms with Crippen LogP contribution in [-0.4, -0.2) is 20.6 Å². The van der Waals surface area contributed by atoms with Crippen LogP contribution in [-0.2, 0) is 9.84 Å². The molecule has 0 aliphatic heterocycles. The molecule has 0 heterocycles. The number of carbonyl (C=O) groups is 1. The Bertz CT molecular complexity index is 786. The van der Waals surface area contributed by atoms with Gasteiger partial charge in [0.05, 0.1) is 15.5 Å². The van der Waals surface area contributed by atoms with Gasteiger partial charge in [0.1, 0.15) is 0 Å². The first-order valence-corrected chi connectivity index (χ1v) is 8.48. The summed E-state index contributed by atoms with van der Waals surface area (Å²) in [6.45, 7) is 0. The van der Waals surface area contributed by atoms with Gasteiger partial charge in [-0.1, -0.05) is 23.2 Å². The van der Waals surface area contributed by atoms with Crippen LogP contribution in [0.3, 0.4) is 0 Å². The maximum atomic E-state index is 12.1. The van der Waals surface area contributed by atoms with Crippen molar-refractivity contribution in [3.05, 3.63) is 58.1 Å². The highest BCUT2D eigenvalue weighted by Gasteiger charge is 2.12. The number of sulfone groups is 1. The highest BCUT2D eigenvalue weighted by atomic mass is 35.5. The molecule has 2 rings (SSSR count). The predicted molar refractivity (Wildman–Crippen MR) is 84.0 cm³/mol. The number of carbonyl (C=O) groups excluding carboxylic acids is 1. The van der Waals surface area contributed by atoms with Crippen molar-refractivity contribution in [3.63, 3.8) is 0 Å². The lowest BCUT2D eigenvalue weighted by molar-refractivity contribution is 0.102. The fourth-order valence-corrected chi connectivity index (χ4v) is 2.66. The molecule has 0 aromatic heterocycles. The second kappa shape index (κ2) is 6.05. The molecule has 0 aliphatic rings. The summed E-state index contributed by atoms with van der Waals surface area (Å²) in [5, 5.41) is 3.31. The number of hydrogen-bond acceptors (Lipinski definition) is 3. The first kappa shape index (κ1) is 15.8. The number of benzene rings is 2. The van der Waals surface area contributed by atoms with Gasteiger partial charge in [0.15, 0.2) is 9.84 Å². The standard InChI is InChI=1S/C14H11Cl2NO3S/c1-21(19,20)11-5-3-10(4-6-11)17-14(18)12-8-9(15)2-7-13(12)16/h2-8H,1H3,(H,17,18). The molecule has 0 saturated heterocycles. The van der Waals surface area contributed by atoms with Crippen molar-refractivity contribution in [2.75, 3.05) is 11.6 Å². The van der Waals surface area contributed by atoms with Gasteiger partial charge in [-0.25, -0.2) is 8.42 Å². The summed E-state index contributed by atoms with van der Waals surface area (Å²) in [5.41, 5.74) is 0.708. The van der Waals surface area contributed by atoms with Crippen LogP contribution < -0.4 is 5.32 Å². The summed E-state index contributed by atoms with van der Waals surface area (Å²) < 4.78 is 22.7. The van der Waals surface area contributed by atoms with E-state index in [0.29, 0.717) is 10.7 Å². The zero-order valence-corrected chi connectivity index (χ0v) is 13.3. The normalized spacial score (nSPS) is 11.2. The molecular weight excluding hydrogens is 333 g/mol. The number of anilines is 1. The lowest BCUT2D eigenvalue weighted by atomic mass is 10.2. The van der Waals surface area contributed by atoms with E-state index < -0.39 is 15.7 Å². The van der Waals surface area contributed by atoms with Crippen LogP contribution in [0.25, 0.3) is 0 Å². The van der Waals surface area contributed by atoms with Crippen molar-refractivity contribution in [2.24, 2.45) is 0 Å². The number of hydrogen-bond donors (Lipinski definition) is 1. The first-order chi connectivity index (χ1) is 9.77. The number of nitrogens with one attached hydrogen (secondary N) is 1. The molecular formula is C14H11Cl2NO3S. The maximum absolute atomic E-state index is 12.1. The molecule has 2 aromatic carbocycles. The second-order valence-corrected chi connectivity index (χ2v) is 7.23. The highest BCUT2D eigenvalue weighted by Crippen LogP contribution is 2.22. The molecule has 0 radical (unpaired) electrons. The maximum Gasteiger partial charge on any atom is 0.257 e.